The topological polar surface area (TPSA) is 73.3 Å². The van der Waals surface area contributed by atoms with Crippen LogP contribution in [0.5, 0.6) is 5.88 Å². The smallest absolute Gasteiger partial charge is 0.305 e. The van der Waals surface area contributed by atoms with Gasteiger partial charge in [-0.05, 0) is 52.9 Å². The number of hydrogen-bond donors (Lipinski definition) is 1. The quantitative estimate of drug-likeness (QED) is 0.625. The monoisotopic (exact) mass is 407 g/mol. The average molecular weight is 408 g/mol. The van der Waals surface area contributed by atoms with E-state index in [1.54, 1.807) is 6.20 Å². The van der Waals surface area contributed by atoms with Gasteiger partial charge in [0.2, 0.25) is 11.8 Å². The molecule has 0 saturated heterocycles. The molecule has 0 amide bonds. The number of anilines is 2. The molecule has 2 aromatic rings. The van der Waals surface area contributed by atoms with E-state index in [1.807, 2.05) is 31.2 Å². The number of hydrogen-bond acceptors (Lipinski definition) is 6. The molecule has 0 spiro atoms. The zero-order valence-electron chi connectivity index (χ0n) is 14.4. The normalized spacial score (nSPS) is 10.4. The van der Waals surface area contributed by atoms with Gasteiger partial charge in [0.1, 0.15) is 0 Å². The van der Waals surface area contributed by atoms with E-state index >= 15 is 0 Å². The molecule has 134 valence electrons. The van der Waals surface area contributed by atoms with E-state index in [1.165, 1.54) is 7.11 Å². The Balaban J connectivity index is 1.93. The molecule has 0 aliphatic rings. The van der Waals surface area contributed by atoms with Crippen molar-refractivity contribution < 1.29 is 14.3 Å². The Hall–Kier alpha value is -2.15. The van der Waals surface area contributed by atoms with Crippen molar-refractivity contribution in [3.8, 4) is 5.88 Å². The number of benzene rings is 1. The highest BCUT2D eigenvalue weighted by atomic mass is 79.9. The van der Waals surface area contributed by atoms with Crippen molar-refractivity contribution in [1.82, 2.24) is 9.97 Å². The molecule has 0 atom stereocenters. The second-order valence-electron chi connectivity index (χ2n) is 5.45. The van der Waals surface area contributed by atoms with Gasteiger partial charge in [-0.2, -0.15) is 4.98 Å². The van der Waals surface area contributed by atoms with E-state index in [-0.39, 0.29) is 5.97 Å². The summed E-state index contributed by atoms with van der Waals surface area (Å²) in [5.74, 6) is 0.832. The van der Waals surface area contributed by atoms with Crippen molar-refractivity contribution >= 4 is 33.5 Å². The van der Waals surface area contributed by atoms with Crippen LogP contribution in [-0.2, 0) is 16.0 Å². The Kier molecular flexibility index (Phi) is 7.66. The van der Waals surface area contributed by atoms with E-state index < -0.39 is 0 Å². The number of nitrogens with zero attached hydrogens (tertiary/aromatic N) is 2. The Bertz CT molecular complexity index is 692. The van der Waals surface area contributed by atoms with Gasteiger partial charge in [0, 0.05) is 12.1 Å². The van der Waals surface area contributed by atoms with E-state index in [2.05, 4.69) is 36.0 Å². The summed E-state index contributed by atoms with van der Waals surface area (Å²) in [7, 11) is 1.41. The van der Waals surface area contributed by atoms with E-state index in [0.717, 1.165) is 35.0 Å². The van der Waals surface area contributed by atoms with Crippen LogP contribution in [0.2, 0.25) is 0 Å². The van der Waals surface area contributed by atoms with Crippen LogP contribution < -0.4 is 10.1 Å². The number of rotatable bonds is 9. The van der Waals surface area contributed by atoms with Gasteiger partial charge in [0.05, 0.1) is 24.4 Å². The minimum atomic E-state index is -0.174. The van der Waals surface area contributed by atoms with Crippen LogP contribution in [0.4, 0.5) is 11.6 Å². The first-order valence-electron chi connectivity index (χ1n) is 8.20. The van der Waals surface area contributed by atoms with E-state index in [4.69, 9.17) is 4.74 Å². The van der Waals surface area contributed by atoms with Gasteiger partial charge in [-0.25, -0.2) is 4.98 Å². The lowest BCUT2D eigenvalue weighted by atomic mass is 10.1. The fourth-order valence-electron chi connectivity index (χ4n) is 2.13. The van der Waals surface area contributed by atoms with Crippen molar-refractivity contribution in [1.29, 1.82) is 0 Å². The minimum absolute atomic E-state index is 0.174. The molecular weight excluding hydrogens is 386 g/mol. The molecule has 1 N–H and O–H groups in total. The lowest BCUT2D eigenvalue weighted by molar-refractivity contribution is -0.140. The molecule has 0 fully saturated rings. The van der Waals surface area contributed by atoms with Gasteiger partial charge in [-0.3, -0.25) is 4.79 Å². The summed E-state index contributed by atoms with van der Waals surface area (Å²) in [5.41, 5.74) is 2.05. The molecule has 0 saturated carbocycles. The lowest BCUT2D eigenvalue weighted by Crippen LogP contribution is -2.03. The molecule has 6 nitrogen and oxygen atoms in total. The molecule has 0 radical (unpaired) electrons. The van der Waals surface area contributed by atoms with Gasteiger partial charge in [-0.15, -0.1) is 0 Å². The summed E-state index contributed by atoms with van der Waals surface area (Å²) in [4.78, 5) is 19.7. The first-order chi connectivity index (χ1) is 12.1. The molecule has 0 bridgehead atoms. The van der Waals surface area contributed by atoms with Crippen LogP contribution in [-0.4, -0.2) is 29.7 Å². The third-order valence-electron chi connectivity index (χ3n) is 3.44. The molecule has 25 heavy (non-hydrogen) atoms. The summed E-state index contributed by atoms with van der Waals surface area (Å²) in [6.45, 7) is 2.65. The van der Waals surface area contributed by atoms with Gasteiger partial charge in [0.15, 0.2) is 0 Å². The Labute approximate surface area is 156 Å². The fraction of sp³-hybridized carbons (Fsp3) is 0.389. The summed E-state index contributed by atoms with van der Waals surface area (Å²) >= 11 is 3.38. The van der Waals surface area contributed by atoms with Crippen LogP contribution >= 0.6 is 15.9 Å². The maximum atomic E-state index is 11.1. The van der Waals surface area contributed by atoms with Gasteiger partial charge >= 0.3 is 5.97 Å². The number of nitrogens with one attached hydrogen (secondary N) is 1. The zero-order chi connectivity index (χ0) is 18.1. The average Bonchev–Trinajstić information content (AvgIpc) is 2.63. The summed E-state index contributed by atoms with van der Waals surface area (Å²) in [6, 6.07) is 7.97. The number of carbonyl (C=O) groups excluding carboxylic acids is 1. The molecule has 7 heteroatoms. The SMILES string of the molecule is CCCOc1nc(Nc2ccc(CCCC(=O)OC)cc2)ncc1Br. The molecule has 1 aromatic carbocycles. The predicted molar refractivity (Wildman–Crippen MR) is 100 cm³/mol. The van der Waals surface area contributed by atoms with Crippen LogP contribution in [0.3, 0.4) is 0 Å². The van der Waals surface area contributed by atoms with Crippen molar-refractivity contribution in [2.24, 2.45) is 0 Å². The van der Waals surface area contributed by atoms with Crippen molar-refractivity contribution in [3.05, 3.63) is 40.5 Å². The summed E-state index contributed by atoms with van der Waals surface area (Å²) in [6.07, 6.45) is 4.62. The standard InChI is InChI=1S/C18H22BrN3O3/c1-3-11-25-17-15(19)12-20-18(22-17)21-14-9-7-13(8-10-14)5-4-6-16(23)24-2/h7-10,12H,3-6,11H2,1-2H3,(H,20,21,22). The fourth-order valence-corrected chi connectivity index (χ4v) is 2.44. The Morgan fingerprint density at radius 3 is 2.72 bits per heavy atom. The Morgan fingerprint density at radius 2 is 2.04 bits per heavy atom. The lowest BCUT2D eigenvalue weighted by Gasteiger charge is -2.09. The second-order valence-corrected chi connectivity index (χ2v) is 6.30. The molecular formula is C18H22BrN3O3. The first kappa shape index (κ1) is 19.2. The van der Waals surface area contributed by atoms with Gasteiger partial charge < -0.3 is 14.8 Å². The molecule has 2 rings (SSSR count). The highest BCUT2D eigenvalue weighted by molar-refractivity contribution is 9.10. The second kappa shape index (κ2) is 9.98. The van der Waals surface area contributed by atoms with E-state index in [0.29, 0.717) is 24.9 Å². The molecule has 0 aliphatic carbocycles. The van der Waals surface area contributed by atoms with Crippen LogP contribution in [0.15, 0.2) is 34.9 Å². The van der Waals surface area contributed by atoms with Crippen molar-refractivity contribution in [3.63, 3.8) is 0 Å². The zero-order valence-corrected chi connectivity index (χ0v) is 16.0. The van der Waals surface area contributed by atoms with E-state index in [9.17, 15) is 4.79 Å². The molecule has 1 heterocycles. The Morgan fingerprint density at radius 1 is 1.28 bits per heavy atom. The van der Waals surface area contributed by atoms with Crippen LogP contribution in [0, 0.1) is 0 Å². The number of esters is 1. The number of methoxy groups -OCH3 is 1. The molecule has 1 aromatic heterocycles. The number of halogens is 1. The number of ether oxygens (including phenoxy) is 2. The van der Waals surface area contributed by atoms with Crippen molar-refractivity contribution in [2.75, 3.05) is 19.0 Å². The summed E-state index contributed by atoms with van der Waals surface area (Å²) in [5, 5.41) is 3.16. The predicted octanol–water partition coefficient (Wildman–Crippen LogP) is 4.27. The molecule has 0 aliphatic heterocycles. The third kappa shape index (κ3) is 6.34. The third-order valence-corrected chi connectivity index (χ3v) is 3.98. The maximum absolute atomic E-state index is 11.1. The summed E-state index contributed by atoms with van der Waals surface area (Å²) < 4.78 is 10.9. The first-order valence-corrected chi connectivity index (χ1v) is 8.99. The number of aryl methyl sites for hydroxylation is 1. The van der Waals surface area contributed by atoms with Crippen LogP contribution in [0.25, 0.3) is 0 Å². The van der Waals surface area contributed by atoms with Gasteiger partial charge in [-0.1, -0.05) is 19.1 Å². The van der Waals surface area contributed by atoms with Crippen LogP contribution in [0.1, 0.15) is 31.7 Å². The highest BCUT2D eigenvalue weighted by Gasteiger charge is 2.07. The number of carbonyl (C=O) groups is 1. The maximum Gasteiger partial charge on any atom is 0.305 e. The number of aromatic nitrogens is 2. The minimum Gasteiger partial charge on any atom is -0.477 e. The highest BCUT2D eigenvalue weighted by Crippen LogP contribution is 2.24. The van der Waals surface area contributed by atoms with Gasteiger partial charge in [0.25, 0.3) is 0 Å². The van der Waals surface area contributed by atoms with Crippen molar-refractivity contribution in [2.45, 2.75) is 32.6 Å². The largest absolute Gasteiger partial charge is 0.477 e. The molecule has 0 unspecified atom stereocenters.